The fraction of sp³-hybridized carbons (Fsp3) is 0.952. The van der Waals surface area contributed by atoms with Crippen molar-refractivity contribution in [1.29, 1.82) is 0 Å². The highest BCUT2D eigenvalue weighted by Gasteiger charge is 2.60. The van der Waals surface area contributed by atoms with Gasteiger partial charge in [-0.1, -0.05) is 33.1 Å². The van der Waals surface area contributed by atoms with E-state index < -0.39 is 0 Å². The second-order valence-corrected chi connectivity index (χ2v) is 9.37. The highest BCUT2D eigenvalue weighted by Crippen LogP contribution is 2.58. The first-order chi connectivity index (χ1) is 11.3. The Balaban J connectivity index is 1.76. The number of fused-ring (bicyclic) bond motifs is 2. The zero-order chi connectivity index (χ0) is 17.5. The van der Waals surface area contributed by atoms with Gasteiger partial charge in [0.2, 0.25) is 0 Å². The van der Waals surface area contributed by atoms with Crippen molar-refractivity contribution in [3.05, 3.63) is 0 Å². The second-order valence-electron chi connectivity index (χ2n) is 9.37. The molecule has 3 nitrogen and oxygen atoms in total. The molecule has 2 aliphatic carbocycles. The van der Waals surface area contributed by atoms with E-state index in [1.54, 1.807) is 0 Å². The van der Waals surface area contributed by atoms with Gasteiger partial charge < -0.3 is 9.47 Å². The van der Waals surface area contributed by atoms with Crippen LogP contribution in [-0.4, -0.2) is 23.3 Å². The van der Waals surface area contributed by atoms with Crippen molar-refractivity contribution < 1.29 is 14.3 Å². The molecule has 0 aromatic carbocycles. The van der Waals surface area contributed by atoms with E-state index >= 15 is 0 Å². The molecular weight excluding hydrogens is 300 g/mol. The minimum absolute atomic E-state index is 0.00129. The Kier molecular flexibility index (Phi) is 5.03. The summed E-state index contributed by atoms with van der Waals surface area (Å²) >= 11 is 0. The molecule has 4 aliphatic rings. The van der Waals surface area contributed by atoms with Gasteiger partial charge in [0.15, 0.2) is 0 Å². The lowest BCUT2D eigenvalue weighted by molar-refractivity contribution is -0.237. The van der Waals surface area contributed by atoms with Gasteiger partial charge in [0.05, 0.1) is 11.2 Å². The maximum atomic E-state index is 12.3. The summed E-state index contributed by atoms with van der Waals surface area (Å²) < 4.78 is 12.7. The third kappa shape index (κ3) is 3.25. The quantitative estimate of drug-likeness (QED) is 0.516. The summed E-state index contributed by atoms with van der Waals surface area (Å²) in [4.78, 5) is 12.3. The summed E-state index contributed by atoms with van der Waals surface area (Å²) in [5.74, 6) is 2.45. The highest BCUT2D eigenvalue weighted by atomic mass is 16.6. The maximum absolute atomic E-state index is 12.3. The van der Waals surface area contributed by atoms with Crippen molar-refractivity contribution in [2.24, 2.45) is 23.7 Å². The average molecular weight is 337 g/mol. The molecule has 0 aromatic heterocycles. The van der Waals surface area contributed by atoms with Crippen LogP contribution in [0.3, 0.4) is 0 Å². The van der Waals surface area contributed by atoms with Gasteiger partial charge in [0.1, 0.15) is 6.10 Å². The monoisotopic (exact) mass is 336 g/mol. The highest BCUT2D eigenvalue weighted by molar-refractivity contribution is 5.69. The molecule has 2 saturated heterocycles. The zero-order valence-corrected chi connectivity index (χ0v) is 16.3. The van der Waals surface area contributed by atoms with Crippen LogP contribution in [0.5, 0.6) is 0 Å². The number of rotatable bonds is 5. The Morgan fingerprint density at radius 3 is 2.62 bits per heavy atom. The van der Waals surface area contributed by atoms with Gasteiger partial charge in [-0.15, -0.1) is 0 Å². The number of carbonyl (C=O) groups is 1. The van der Waals surface area contributed by atoms with Crippen LogP contribution < -0.4 is 0 Å². The molecule has 6 atom stereocenters. The molecule has 4 rings (SSSR count). The average Bonchev–Trinajstić information content (AvgIpc) is 2.75. The Morgan fingerprint density at radius 1 is 1.17 bits per heavy atom. The summed E-state index contributed by atoms with van der Waals surface area (Å²) in [6, 6.07) is 0. The number of unbranched alkanes of at least 4 members (excludes halogenated alkanes) is 2. The molecule has 0 radical (unpaired) electrons. The number of hydrogen-bond donors (Lipinski definition) is 0. The third-order valence-electron chi connectivity index (χ3n) is 7.20. The fourth-order valence-electron chi connectivity index (χ4n) is 5.96. The van der Waals surface area contributed by atoms with E-state index in [0.29, 0.717) is 18.3 Å². The molecule has 2 aliphatic heterocycles. The smallest absolute Gasteiger partial charge is 0.306 e. The minimum Gasteiger partial charge on any atom is -0.462 e. The first-order valence-electron chi connectivity index (χ1n) is 10.2. The van der Waals surface area contributed by atoms with E-state index in [1.165, 1.54) is 12.8 Å². The third-order valence-corrected chi connectivity index (χ3v) is 7.20. The molecule has 0 spiro atoms. The van der Waals surface area contributed by atoms with Gasteiger partial charge in [-0.3, -0.25) is 4.79 Å². The van der Waals surface area contributed by atoms with Crippen molar-refractivity contribution in [3.8, 4) is 0 Å². The lowest BCUT2D eigenvalue weighted by atomic mass is 9.76. The lowest BCUT2D eigenvalue weighted by Gasteiger charge is -2.50. The first-order valence-corrected chi connectivity index (χ1v) is 10.2. The van der Waals surface area contributed by atoms with Crippen LogP contribution in [0.2, 0.25) is 0 Å². The van der Waals surface area contributed by atoms with Crippen LogP contribution in [0.4, 0.5) is 0 Å². The molecule has 2 unspecified atom stereocenters. The molecular formula is C21H36O3. The molecule has 3 heteroatoms. The molecule has 24 heavy (non-hydrogen) atoms. The molecule has 2 saturated carbocycles. The van der Waals surface area contributed by atoms with Crippen LogP contribution in [0.25, 0.3) is 0 Å². The van der Waals surface area contributed by atoms with Gasteiger partial charge in [-0.2, -0.15) is 0 Å². The molecule has 138 valence electrons. The molecule has 0 amide bonds. The van der Waals surface area contributed by atoms with Crippen molar-refractivity contribution in [3.63, 3.8) is 0 Å². The van der Waals surface area contributed by atoms with Gasteiger partial charge in [0, 0.05) is 18.8 Å². The zero-order valence-electron chi connectivity index (χ0n) is 16.3. The van der Waals surface area contributed by atoms with Crippen molar-refractivity contribution in [2.45, 2.75) is 103 Å². The summed E-state index contributed by atoms with van der Waals surface area (Å²) in [6.45, 7) is 11.3. The number of ether oxygens (including phenoxy) is 2. The number of hydrogen-bond acceptors (Lipinski definition) is 3. The van der Waals surface area contributed by atoms with Crippen molar-refractivity contribution >= 4 is 5.97 Å². The minimum atomic E-state index is -0.203. The largest absolute Gasteiger partial charge is 0.462 e. The number of esters is 1. The summed E-state index contributed by atoms with van der Waals surface area (Å²) in [6.07, 6.45) is 8.42. The Morgan fingerprint density at radius 2 is 1.92 bits per heavy atom. The molecule has 0 N–H and O–H groups in total. The summed E-state index contributed by atoms with van der Waals surface area (Å²) in [7, 11) is 0. The van der Waals surface area contributed by atoms with E-state index in [0.717, 1.165) is 43.9 Å². The van der Waals surface area contributed by atoms with E-state index in [4.69, 9.17) is 9.47 Å². The van der Waals surface area contributed by atoms with Gasteiger partial charge in [0.25, 0.3) is 0 Å². The lowest BCUT2D eigenvalue weighted by Crippen LogP contribution is -2.56. The Labute approximate surface area is 147 Å². The second kappa shape index (κ2) is 6.63. The number of carbonyl (C=O) groups excluding carboxylic acids is 1. The van der Waals surface area contributed by atoms with Crippen LogP contribution in [-0.2, 0) is 14.3 Å². The van der Waals surface area contributed by atoms with Crippen LogP contribution in [0.1, 0.15) is 86.0 Å². The first kappa shape index (κ1) is 18.2. The van der Waals surface area contributed by atoms with E-state index in [9.17, 15) is 4.79 Å². The van der Waals surface area contributed by atoms with Crippen molar-refractivity contribution in [2.75, 3.05) is 0 Å². The molecule has 2 bridgehead atoms. The molecule has 4 fully saturated rings. The summed E-state index contributed by atoms with van der Waals surface area (Å²) in [5, 5.41) is 0. The van der Waals surface area contributed by atoms with Gasteiger partial charge >= 0.3 is 5.97 Å². The van der Waals surface area contributed by atoms with Crippen molar-refractivity contribution in [1.82, 2.24) is 0 Å². The van der Waals surface area contributed by atoms with Crippen LogP contribution in [0, 0.1) is 23.7 Å². The molecule has 2 heterocycles. The van der Waals surface area contributed by atoms with E-state index in [1.807, 2.05) is 0 Å². The fourth-order valence-corrected chi connectivity index (χ4v) is 5.96. The predicted molar refractivity (Wildman–Crippen MR) is 95.7 cm³/mol. The van der Waals surface area contributed by atoms with Gasteiger partial charge in [-0.05, 0) is 57.8 Å². The van der Waals surface area contributed by atoms with Gasteiger partial charge in [-0.25, -0.2) is 0 Å². The van der Waals surface area contributed by atoms with Crippen LogP contribution >= 0.6 is 0 Å². The summed E-state index contributed by atoms with van der Waals surface area (Å²) in [5.41, 5.74) is -0.342. The van der Waals surface area contributed by atoms with E-state index in [2.05, 4.69) is 34.6 Å². The van der Waals surface area contributed by atoms with Crippen LogP contribution in [0.15, 0.2) is 0 Å². The predicted octanol–water partition coefficient (Wildman–Crippen LogP) is 5.12. The van der Waals surface area contributed by atoms with E-state index in [-0.39, 0.29) is 23.3 Å². The SMILES string of the molecule is CCCCCC(=O)O[C@@H]1C[C@]2(C)OC(C)(C)[C@H]1CC1C2CC[C@@H]1C. The maximum Gasteiger partial charge on any atom is 0.306 e. The standard InChI is InChI=1S/C21H36O3/c1-6-7-8-9-19(22)23-18-13-21(5)16-11-10-14(2)15(16)12-17(18)20(3,4)24-21/h14-18H,6-13H2,1-5H3/t14-,15?,16?,17-,18+,21-/m0/s1. The normalized spacial score (nSPS) is 43.3. The molecule has 0 aromatic rings. The Hall–Kier alpha value is -0.570. The topological polar surface area (TPSA) is 35.5 Å². The Bertz CT molecular complexity index is 472.